The topological polar surface area (TPSA) is 54.1 Å². The van der Waals surface area contributed by atoms with E-state index in [1.807, 2.05) is 18.3 Å². The Morgan fingerprint density at radius 2 is 2.09 bits per heavy atom. The molecule has 1 saturated carbocycles. The maximum absolute atomic E-state index is 12.5. The first-order valence-corrected chi connectivity index (χ1v) is 8.12. The van der Waals surface area contributed by atoms with E-state index in [1.54, 1.807) is 13.2 Å². The Balaban J connectivity index is 1.74. The van der Waals surface area contributed by atoms with Crippen LogP contribution in [0.2, 0.25) is 5.02 Å². The van der Waals surface area contributed by atoms with Gasteiger partial charge in [0.25, 0.3) is 5.91 Å². The lowest BCUT2D eigenvalue weighted by atomic mass is 9.84. The van der Waals surface area contributed by atoms with Crippen LogP contribution in [0.4, 0.5) is 0 Å². The summed E-state index contributed by atoms with van der Waals surface area (Å²) >= 11 is 6.36. The lowest BCUT2D eigenvalue weighted by Gasteiger charge is -2.36. The molecule has 0 atom stereocenters. The van der Waals surface area contributed by atoms with E-state index in [-0.39, 0.29) is 11.5 Å². The Kier molecular flexibility index (Phi) is 4.41. The second-order valence-corrected chi connectivity index (χ2v) is 6.37. The van der Waals surface area contributed by atoms with E-state index >= 15 is 0 Å². The molecule has 0 spiro atoms. The summed E-state index contributed by atoms with van der Waals surface area (Å²) in [6.07, 6.45) is 7.36. The number of rotatable bonds is 4. The summed E-state index contributed by atoms with van der Waals surface area (Å²) in [4.78, 5) is 15.6. The van der Waals surface area contributed by atoms with Gasteiger partial charge < -0.3 is 15.0 Å². The summed E-state index contributed by atoms with van der Waals surface area (Å²) in [5, 5.41) is 4.36. The number of hydrogen-bond donors (Lipinski definition) is 2. The Labute approximate surface area is 135 Å². The van der Waals surface area contributed by atoms with Crippen LogP contribution in [0.25, 0.3) is 10.9 Å². The number of halogens is 1. The summed E-state index contributed by atoms with van der Waals surface area (Å²) in [7, 11) is 1.73. The first-order valence-electron chi connectivity index (χ1n) is 7.74. The second-order valence-electron chi connectivity index (χ2n) is 6.00. The van der Waals surface area contributed by atoms with Gasteiger partial charge in [0.05, 0.1) is 16.2 Å². The molecule has 2 aromatic rings. The van der Waals surface area contributed by atoms with Crippen molar-refractivity contribution in [1.29, 1.82) is 0 Å². The summed E-state index contributed by atoms with van der Waals surface area (Å²) in [5.41, 5.74) is 1.22. The number of amides is 1. The van der Waals surface area contributed by atoms with E-state index in [9.17, 15) is 4.79 Å². The Morgan fingerprint density at radius 1 is 1.32 bits per heavy atom. The Morgan fingerprint density at radius 3 is 2.82 bits per heavy atom. The van der Waals surface area contributed by atoms with Crippen LogP contribution in [0.5, 0.6) is 0 Å². The summed E-state index contributed by atoms with van der Waals surface area (Å²) in [6.45, 7) is 0.532. The van der Waals surface area contributed by atoms with Crippen LogP contribution in [0.15, 0.2) is 24.4 Å². The van der Waals surface area contributed by atoms with Crippen molar-refractivity contribution in [1.82, 2.24) is 10.3 Å². The van der Waals surface area contributed by atoms with Crippen molar-refractivity contribution in [3.05, 3.63) is 35.0 Å². The quantitative estimate of drug-likeness (QED) is 0.897. The molecule has 4 nitrogen and oxygen atoms in total. The zero-order chi connectivity index (χ0) is 15.6. The molecule has 0 unspecified atom stereocenters. The third-order valence-electron chi connectivity index (χ3n) is 4.68. The highest BCUT2D eigenvalue weighted by atomic mass is 35.5. The molecule has 1 aliphatic carbocycles. The molecule has 1 aromatic heterocycles. The van der Waals surface area contributed by atoms with Crippen LogP contribution in [0, 0.1) is 0 Å². The van der Waals surface area contributed by atoms with E-state index in [4.69, 9.17) is 16.3 Å². The Hall–Kier alpha value is -1.52. The summed E-state index contributed by atoms with van der Waals surface area (Å²) < 4.78 is 5.70. The number of methoxy groups -OCH3 is 1. The minimum Gasteiger partial charge on any atom is -0.376 e. The number of H-pyrrole nitrogens is 1. The molecule has 0 radical (unpaired) electrons. The van der Waals surface area contributed by atoms with Gasteiger partial charge >= 0.3 is 0 Å². The molecule has 1 fully saturated rings. The molecule has 1 aliphatic rings. The number of hydrogen-bond acceptors (Lipinski definition) is 2. The fraction of sp³-hybridized carbons (Fsp3) is 0.471. The molecular weight excluding hydrogens is 300 g/mol. The second kappa shape index (κ2) is 6.31. The predicted octanol–water partition coefficient (Wildman–Crippen LogP) is 3.90. The SMILES string of the molecule is COC1(CNC(=O)c2ccc3[nH]ccc3c2Cl)CCCCC1. The molecular formula is C17H21ClN2O2. The van der Waals surface area contributed by atoms with Crippen LogP contribution in [-0.4, -0.2) is 30.1 Å². The van der Waals surface area contributed by atoms with Gasteiger partial charge in [-0.2, -0.15) is 0 Å². The van der Waals surface area contributed by atoms with Crippen LogP contribution in [-0.2, 0) is 4.74 Å². The molecule has 3 rings (SSSR count). The first-order chi connectivity index (χ1) is 10.7. The lowest BCUT2D eigenvalue weighted by molar-refractivity contribution is -0.0363. The average Bonchev–Trinajstić information content (AvgIpc) is 3.03. The van der Waals surface area contributed by atoms with Gasteiger partial charge in [-0.15, -0.1) is 0 Å². The van der Waals surface area contributed by atoms with Gasteiger partial charge in [0.1, 0.15) is 0 Å². The van der Waals surface area contributed by atoms with Gasteiger partial charge in [0.2, 0.25) is 0 Å². The summed E-state index contributed by atoms with van der Waals surface area (Å²) in [5.74, 6) is -0.143. The molecule has 5 heteroatoms. The van der Waals surface area contributed by atoms with E-state index in [1.165, 1.54) is 6.42 Å². The van der Waals surface area contributed by atoms with Gasteiger partial charge in [-0.3, -0.25) is 4.79 Å². The molecule has 1 amide bonds. The highest BCUT2D eigenvalue weighted by molar-refractivity contribution is 6.38. The van der Waals surface area contributed by atoms with E-state index < -0.39 is 0 Å². The first kappa shape index (κ1) is 15.4. The smallest absolute Gasteiger partial charge is 0.252 e. The highest BCUT2D eigenvalue weighted by Crippen LogP contribution is 2.31. The number of benzene rings is 1. The van der Waals surface area contributed by atoms with E-state index in [0.717, 1.165) is 36.6 Å². The minimum atomic E-state index is -0.224. The molecule has 0 saturated heterocycles. The third kappa shape index (κ3) is 2.85. The fourth-order valence-corrected chi connectivity index (χ4v) is 3.57. The Bertz CT molecular complexity index is 674. The number of aromatic nitrogens is 1. The summed E-state index contributed by atoms with van der Waals surface area (Å²) in [6, 6.07) is 5.52. The standard InChI is InChI=1S/C17H21ClN2O2/c1-22-17(8-3-2-4-9-17)11-20-16(21)13-5-6-14-12(15(13)18)7-10-19-14/h5-7,10,19H,2-4,8-9,11H2,1H3,(H,20,21). The minimum absolute atomic E-state index is 0.143. The number of aromatic amines is 1. The maximum Gasteiger partial charge on any atom is 0.252 e. The van der Waals surface area contributed by atoms with Crippen LogP contribution >= 0.6 is 11.6 Å². The number of carbonyl (C=O) groups is 1. The normalized spacial score (nSPS) is 17.5. The molecule has 2 N–H and O–H groups in total. The average molecular weight is 321 g/mol. The molecule has 0 bridgehead atoms. The number of nitrogens with one attached hydrogen (secondary N) is 2. The van der Waals surface area contributed by atoms with Crippen molar-refractivity contribution < 1.29 is 9.53 Å². The monoisotopic (exact) mass is 320 g/mol. The highest BCUT2D eigenvalue weighted by Gasteiger charge is 2.32. The van der Waals surface area contributed by atoms with Gasteiger partial charge in [-0.25, -0.2) is 0 Å². The van der Waals surface area contributed by atoms with Gasteiger partial charge in [-0.05, 0) is 31.0 Å². The maximum atomic E-state index is 12.5. The van der Waals surface area contributed by atoms with Crippen molar-refractivity contribution >= 4 is 28.4 Å². The third-order valence-corrected chi connectivity index (χ3v) is 5.09. The predicted molar refractivity (Wildman–Crippen MR) is 88.5 cm³/mol. The molecule has 118 valence electrons. The number of carbonyl (C=O) groups excluding carboxylic acids is 1. The zero-order valence-electron chi connectivity index (χ0n) is 12.7. The van der Waals surface area contributed by atoms with Crippen molar-refractivity contribution in [2.24, 2.45) is 0 Å². The van der Waals surface area contributed by atoms with Crippen LogP contribution in [0.1, 0.15) is 42.5 Å². The van der Waals surface area contributed by atoms with Gasteiger partial charge in [-0.1, -0.05) is 30.9 Å². The molecule has 1 aromatic carbocycles. The molecule has 22 heavy (non-hydrogen) atoms. The van der Waals surface area contributed by atoms with Crippen molar-refractivity contribution in [3.8, 4) is 0 Å². The van der Waals surface area contributed by atoms with Gasteiger partial charge in [0.15, 0.2) is 0 Å². The molecule has 1 heterocycles. The van der Waals surface area contributed by atoms with Crippen LogP contribution in [0.3, 0.4) is 0 Å². The lowest BCUT2D eigenvalue weighted by Crippen LogP contribution is -2.45. The number of fused-ring (bicyclic) bond motifs is 1. The van der Waals surface area contributed by atoms with E-state index in [2.05, 4.69) is 10.3 Å². The van der Waals surface area contributed by atoms with Crippen molar-refractivity contribution in [3.63, 3.8) is 0 Å². The number of ether oxygens (including phenoxy) is 1. The largest absolute Gasteiger partial charge is 0.376 e. The van der Waals surface area contributed by atoms with Gasteiger partial charge in [0, 0.05) is 30.8 Å². The van der Waals surface area contributed by atoms with Crippen molar-refractivity contribution in [2.75, 3.05) is 13.7 Å². The van der Waals surface area contributed by atoms with Crippen molar-refractivity contribution in [2.45, 2.75) is 37.7 Å². The van der Waals surface area contributed by atoms with E-state index in [0.29, 0.717) is 17.1 Å². The molecule has 0 aliphatic heterocycles. The van der Waals surface area contributed by atoms with Crippen LogP contribution < -0.4 is 5.32 Å². The fourth-order valence-electron chi connectivity index (χ4n) is 3.26. The zero-order valence-corrected chi connectivity index (χ0v) is 13.5.